The molecule has 2 aliphatic rings. The Hall–Kier alpha value is -4.61. The monoisotopic (exact) mass is 555 g/mol. The molecule has 3 aromatic heterocycles. The summed E-state index contributed by atoms with van der Waals surface area (Å²) in [5.41, 5.74) is 4.71. The van der Waals surface area contributed by atoms with Crippen LogP contribution in [0.25, 0.3) is 17.0 Å². The van der Waals surface area contributed by atoms with Gasteiger partial charge in [-0.05, 0) is 45.0 Å². The quantitative estimate of drug-likeness (QED) is 0.353. The standard InChI is InChI=1S/C29H33N9O3/c1-17-26(18(2)38-29(30-17)31-19(3)34-38)41-23-12-13-36(16-23)22-8-6-20(7-9-22)24-10-11-25(33-32-24)28(40)37-14-21(15-37)27(39)35(4)5/h6-11,21,23H,12-16H2,1-5H3. The average molecular weight is 556 g/mol. The molecule has 12 nitrogen and oxygen atoms in total. The molecule has 0 radical (unpaired) electrons. The number of aromatic nitrogens is 6. The predicted molar refractivity (Wildman–Crippen MR) is 152 cm³/mol. The Morgan fingerprint density at radius 1 is 0.951 bits per heavy atom. The average Bonchev–Trinajstić information content (AvgIpc) is 3.56. The van der Waals surface area contributed by atoms with Gasteiger partial charge in [-0.15, -0.1) is 15.3 Å². The van der Waals surface area contributed by atoms with Crippen LogP contribution < -0.4 is 9.64 Å². The number of likely N-dealkylation sites (tertiary alicyclic amines) is 1. The number of aryl methyl sites for hydroxylation is 3. The number of hydrogen-bond acceptors (Lipinski definition) is 9. The van der Waals surface area contributed by atoms with Crippen molar-refractivity contribution in [1.82, 2.24) is 39.6 Å². The van der Waals surface area contributed by atoms with Gasteiger partial charge in [0.15, 0.2) is 11.4 Å². The second kappa shape index (κ2) is 10.4. The number of amides is 2. The first-order valence-corrected chi connectivity index (χ1v) is 13.7. The number of fused-ring (bicyclic) bond motifs is 1. The minimum atomic E-state index is -0.203. The zero-order valence-electron chi connectivity index (χ0n) is 23.9. The van der Waals surface area contributed by atoms with Gasteiger partial charge in [-0.1, -0.05) is 12.1 Å². The largest absolute Gasteiger partial charge is 0.485 e. The first kappa shape index (κ1) is 26.6. The van der Waals surface area contributed by atoms with Crippen LogP contribution >= 0.6 is 0 Å². The van der Waals surface area contributed by atoms with Crippen LogP contribution in [0.2, 0.25) is 0 Å². The molecule has 1 unspecified atom stereocenters. The summed E-state index contributed by atoms with van der Waals surface area (Å²) in [6.07, 6.45) is 0.937. The van der Waals surface area contributed by atoms with Crippen LogP contribution in [0.3, 0.4) is 0 Å². The van der Waals surface area contributed by atoms with E-state index in [1.807, 2.05) is 39.0 Å². The molecule has 0 saturated carbocycles. The van der Waals surface area contributed by atoms with Crippen LogP contribution in [-0.4, -0.2) is 97.8 Å². The van der Waals surface area contributed by atoms with Gasteiger partial charge in [0.25, 0.3) is 11.7 Å². The van der Waals surface area contributed by atoms with E-state index in [0.717, 1.165) is 47.9 Å². The summed E-state index contributed by atoms with van der Waals surface area (Å²) < 4.78 is 8.17. The number of carbonyl (C=O) groups excluding carboxylic acids is 2. The molecule has 2 saturated heterocycles. The maximum absolute atomic E-state index is 12.7. The molecule has 0 bridgehead atoms. The molecule has 41 heavy (non-hydrogen) atoms. The molecule has 1 aromatic carbocycles. The van der Waals surface area contributed by atoms with Gasteiger partial charge in [-0.3, -0.25) is 9.59 Å². The third kappa shape index (κ3) is 5.05. The molecular formula is C29H33N9O3. The Bertz CT molecular complexity index is 1610. The van der Waals surface area contributed by atoms with Crippen molar-refractivity contribution in [3.8, 4) is 17.0 Å². The summed E-state index contributed by atoms with van der Waals surface area (Å²) in [6, 6.07) is 11.7. The summed E-state index contributed by atoms with van der Waals surface area (Å²) in [6.45, 7) is 8.25. The summed E-state index contributed by atoms with van der Waals surface area (Å²) in [7, 11) is 3.45. The highest BCUT2D eigenvalue weighted by molar-refractivity contribution is 5.94. The van der Waals surface area contributed by atoms with Crippen molar-refractivity contribution in [2.24, 2.45) is 5.92 Å². The number of hydrogen-bond donors (Lipinski definition) is 0. The van der Waals surface area contributed by atoms with Crippen molar-refractivity contribution < 1.29 is 14.3 Å². The number of nitrogens with zero attached hydrogens (tertiary/aromatic N) is 9. The lowest BCUT2D eigenvalue weighted by Gasteiger charge is -2.38. The summed E-state index contributed by atoms with van der Waals surface area (Å²) >= 11 is 0. The van der Waals surface area contributed by atoms with Gasteiger partial charge in [0.05, 0.1) is 29.5 Å². The number of benzene rings is 1. The molecule has 0 spiro atoms. The second-order valence-electron chi connectivity index (χ2n) is 10.9. The third-order valence-electron chi connectivity index (χ3n) is 7.74. The minimum absolute atomic E-state index is 0.0366. The van der Waals surface area contributed by atoms with E-state index in [0.29, 0.717) is 30.4 Å². The first-order chi connectivity index (χ1) is 19.7. The first-order valence-electron chi connectivity index (χ1n) is 13.7. The molecule has 2 amide bonds. The number of carbonyl (C=O) groups is 2. The van der Waals surface area contributed by atoms with E-state index in [2.05, 4.69) is 42.3 Å². The topological polar surface area (TPSA) is 122 Å². The van der Waals surface area contributed by atoms with E-state index in [-0.39, 0.29) is 29.5 Å². The summed E-state index contributed by atoms with van der Waals surface area (Å²) in [5, 5.41) is 12.9. The maximum atomic E-state index is 12.7. The van der Waals surface area contributed by atoms with Crippen LogP contribution in [-0.2, 0) is 4.79 Å². The highest BCUT2D eigenvalue weighted by Crippen LogP contribution is 2.29. The highest BCUT2D eigenvalue weighted by Gasteiger charge is 2.37. The lowest BCUT2D eigenvalue weighted by atomic mass is 9.98. The van der Waals surface area contributed by atoms with Crippen molar-refractivity contribution in [1.29, 1.82) is 0 Å². The smallest absolute Gasteiger partial charge is 0.274 e. The molecule has 6 rings (SSSR count). The Morgan fingerprint density at radius 3 is 2.39 bits per heavy atom. The SMILES string of the molecule is Cc1nc2nc(C)c(OC3CCN(c4ccc(-c5ccc(C(=O)N6CC(C(=O)N(C)C)C6)nn5)cc4)C3)c(C)n2n1. The van der Waals surface area contributed by atoms with Crippen LogP contribution in [0, 0.1) is 26.7 Å². The molecule has 5 heterocycles. The lowest BCUT2D eigenvalue weighted by Crippen LogP contribution is -2.55. The zero-order valence-corrected chi connectivity index (χ0v) is 23.9. The Balaban J connectivity index is 1.07. The van der Waals surface area contributed by atoms with Crippen molar-refractivity contribution >= 4 is 23.3 Å². The van der Waals surface area contributed by atoms with E-state index in [9.17, 15) is 9.59 Å². The van der Waals surface area contributed by atoms with Gasteiger partial charge < -0.3 is 19.4 Å². The van der Waals surface area contributed by atoms with Gasteiger partial charge in [-0.25, -0.2) is 4.98 Å². The van der Waals surface area contributed by atoms with Crippen molar-refractivity contribution in [2.75, 3.05) is 45.2 Å². The Morgan fingerprint density at radius 2 is 1.71 bits per heavy atom. The fourth-order valence-electron chi connectivity index (χ4n) is 5.43. The predicted octanol–water partition coefficient (Wildman–Crippen LogP) is 2.32. The molecule has 0 N–H and O–H groups in total. The van der Waals surface area contributed by atoms with Crippen molar-refractivity contribution in [3.05, 3.63) is 59.3 Å². The van der Waals surface area contributed by atoms with E-state index >= 15 is 0 Å². The van der Waals surface area contributed by atoms with Gasteiger partial charge in [0.1, 0.15) is 11.9 Å². The molecule has 12 heteroatoms. The van der Waals surface area contributed by atoms with Gasteiger partial charge in [-0.2, -0.15) is 9.50 Å². The van der Waals surface area contributed by atoms with E-state index < -0.39 is 0 Å². The van der Waals surface area contributed by atoms with Crippen LogP contribution in [0.4, 0.5) is 5.69 Å². The number of anilines is 1. The van der Waals surface area contributed by atoms with Gasteiger partial charge in [0, 0.05) is 51.4 Å². The van der Waals surface area contributed by atoms with Crippen molar-refractivity contribution in [3.63, 3.8) is 0 Å². The molecule has 4 aromatic rings. The molecule has 2 aliphatic heterocycles. The third-order valence-corrected chi connectivity index (χ3v) is 7.74. The van der Waals surface area contributed by atoms with E-state index in [1.54, 1.807) is 34.5 Å². The zero-order chi connectivity index (χ0) is 28.8. The fraction of sp³-hybridized carbons (Fsp3) is 0.414. The second-order valence-corrected chi connectivity index (χ2v) is 10.9. The van der Waals surface area contributed by atoms with E-state index in [1.165, 1.54) is 0 Å². The maximum Gasteiger partial charge on any atom is 0.274 e. The van der Waals surface area contributed by atoms with Crippen LogP contribution in [0.5, 0.6) is 5.75 Å². The number of rotatable bonds is 6. The van der Waals surface area contributed by atoms with Crippen LogP contribution in [0.15, 0.2) is 36.4 Å². The normalized spacial score (nSPS) is 17.1. The van der Waals surface area contributed by atoms with Crippen molar-refractivity contribution in [2.45, 2.75) is 33.3 Å². The molecule has 1 atom stereocenters. The Kier molecular flexibility index (Phi) is 6.76. The minimum Gasteiger partial charge on any atom is -0.485 e. The molecule has 2 fully saturated rings. The lowest BCUT2D eigenvalue weighted by molar-refractivity contribution is -0.137. The Labute approximate surface area is 238 Å². The molecule has 212 valence electrons. The molecular weight excluding hydrogens is 522 g/mol. The number of ether oxygens (including phenoxy) is 1. The summed E-state index contributed by atoms with van der Waals surface area (Å²) in [4.78, 5) is 39.2. The fourth-order valence-corrected chi connectivity index (χ4v) is 5.43. The molecule has 0 aliphatic carbocycles. The van der Waals surface area contributed by atoms with Gasteiger partial charge in [0.2, 0.25) is 5.91 Å². The summed E-state index contributed by atoms with van der Waals surface area (Å²) in [5.74, 6) is 1.73. The van der Waals surface area contributed by atoms with E-state index in [4.69, 9.17) is 4.74 Å². The highest BCUT2D eigenvalue weighted by atomic mass is 16.5. The van der Waals surface area contributed by atoms with Gasteiger partial charge >= 0.3 is 0 Å². The van der Waals surface area contributed by atoms with Crippen LogP contribution in [0.1, 0.15) is 34.1 Å².